The van der Waals surface area contributed by atoms with Crippen molar-refractivity contribution < 1.29 is 37.0 Å². The highest BCUT2D eigenvalue weighted by molar-refractivity contribution is 6.04. The second-order valence-corrected chi connectivity index (χ2v) is 11.6. The van der Waals surface area contributed by atoms with E-state index in [2.05, 4.69) is 10.3 Å². The first kappa shape index (κ1) is 31.4. The van der Waals surface area contributed by atoms with Crippen LogP contribution in [0.3, 0.4) is 0 Å². The topological polar surface area (TPSA) is 106 Å². The first-order valence-corrected chi connectivity index (χ1v) is 14.2. The van der Waals surface area contributed by atoms with Crippen molar-refractivity contribution in [3.63, 3.8) is 0 Å². The summed E-state index contributed by atoms with van der Waals surface area (Å²) in [6.45, 7) is 6.98. The number of anilines is 1. The third-order valence-electron chi connectivity index (χ3n) is 7.15. The zero-order valence-corrected chi connectivity index (χ0v) is 25.1. The van der Waals surface area contributed by atoms with Gasteiger partial charge in [0.05, 0.1) is 23.0 Å². The van der Waals surface area contributed by atoms with E-state index in [-0.39, 0.29) is 17.4 Å². The molecule has 0 radical (unpaired) electrons. The summed E-state index contributed by atoms with van der Waals surface area (Å²) in [7, 11) is 1.79. The number of hydrogen-bond acceptors (Lipinski definition) is 6. The van der Waals surface area contributed by atoms with Crippen molar-refractivity contribution in [3.8, 4) is 11.6 Å². The molecule has 1 N–H and O–H groups in total. The van der Waals surface area contributed by atoms with E-state index >= 15 is 0 Å². The number of halogens is 3. The molecule has 236 valence electrons. The first-order chi connectivity index (χ1) is 21.2. The Morgan fingerprint density at radius 2 is 1.53 bits per heavy atom. The molecule has 3 amide bonds. The van der Waals surface area contributed by atoms with Gasteiger partial charge in [0.1, 0.15) is 17.0 Å². The standard InChI is InChI=1S/C32H32F3N5O5/c1-31(2,3)45-30(43)40-15-13-39(14-16-40)29(42)26-17-21-7-11-24(18-25(21)38(26)4)44-27-12-10-23(19-36-27)37-28(41)20-5-8-22(9-6-20)32(33,34)35/h5-12,17-19H,13-16H2,1-4H3,(H,37,41). The summed E-state index contributed by atoms with van der Waals surface area (Å²) in [5.41, 5.74) is 0.241. The van der Waals surface area contributed by atoms with E-state index in [1.165, 1.54) is 6.20 Å². The summed E-state index contributed by atoms with van der Waals surface area (Å²) >= 11 is 0. The van der Waals surface area contributed by atoms with Gasteiger partial charge in [0.25, 0.3) is 11.8 Å². The van der Waals surface area contributed by atoms with Crippen LogP contribution in [0.2, 0.25) is 0 Å². The number of amides is 3. The number of ether oxygens (including phenoxy) is 2. The maximum Gasteiger partial charge on any atom is 0.416 e. The fraction of sp³-hybridized carbons (Fsp3) is 0.312. The van der Waals surface area contributed by atoms with Crippen molar-refractivity contribution in [2.75, 3.05) is 31.5 Å². The number of benzene rings is 2. The second kappa shape index (κ2) is 12.1. The number of carbonyl (C=O) groups is 3. The molecule has 1 aliphatic heterocycles. The maximum atomic E-state index is 13.4. The molecule has 4 aromatic rings. The number of hydrogen-bond donors (Lipinski definition) is 1. The lowest BCUT2D eigenvalue weighted by Gasteiger charge is -2.35. The van der Waals surface area contributed by atoms with E-state index in [4.69, 9.17) is 9.47 Å². The number of nitrogens with one attached hydrogen (secondary N) is 1. The molecule has 1 fully saturated rings. The number of aromatic nitrogens is 2. The highest BCUT2D eigenvalue weighted by atomic mass is 19.4. The molecule has 10 nitrogen and oxygen atoms in total. The molecule has 0 saturated carbocycles. The minimum atomic E-state index is -4.49. The minimum absolute atomic E-state index is 0.0695. The molecule has 0 atom stereocenters. The third kappa shape index (κ3) is 7.36. The Bertz CT molecular complexity index is 1720. The van der Waals surface area contributed by atoms with E-state index in [1.807, 2.05) is 32.9 Å². The molecule has 45 heavy (non-hydrogen) atoms. The molecule has 1 aliphatic rings. The SMILES string of the molecule is Cn1c(C(=O)N2CCN(C(=O)OC(C)(C)C)CC2)cc2ccc(Oc3ccc(NC(=O)c4ccc(C(F)(F)F)cc4)cn3)cc21. The summed E-state index contributed by atoms with van der Waals surface area (Å²) in [5, 5.41) is 3.44. The number of aryl methyl sites for hydroxylation is 1. The number of piperazine rings is 1. The highest BCUT2D eigenvalue weighted by Crippen LogP contribution is 2.30. The number of nitrogens with zero attached hydrogens (tertiary/aromatic N) is 4. The Morgan fingerprint density at radius 3 is 2.13 bits per heavy atom. The van der Waals surface area contributed by atoms with Crippen LogP contribution in [0.25, 0.3) is 10.9 Å². The zero-order valence-electron chi connectivity index (χ0n) is 25.1. The van der Waals surface area contributed by atoms with Gasteiger partial charge >= 0.3 is 12.3 Å². The van der Waals surface area contributed by atoms with Crippen LogP contribution in [0.1, 0.15) is 47.2 Å². The monoisotopic (exact) mass is 623 g/mol. The summed E-state index contributed by atoms with van der Waals surface area (Å²) < 4.78 is 51.5. The summed E-state index contributed by atoms with van der Waals surface area (Å²) in [6, 6.07) is 14.2. The molecule has 3 heterocycles. The van der Waals surface area contributed by atoms with E-state index in [0.29, 0.717) is 43.3 Å². The van der Waals surface area contributed by atoms with Crippen molar-refractivity contribution in [1.29, 1.82) is 0 Å². The molecular formula is C32H32F3N5O5. The average Bonchev–Trinajstić information content (AvgIpc) is 3.32. The van der Waals surface area contributed by atoms with Crippen molar-refractivity contribution in [2.45, 2.75) is 32.5 Å². The smallest absolute Gasteiger partial charge is 0.416 e. The van der Waals surface area contributed by atoms with E-state index in [9.17, 15) is 27.6 Å². The van der Waals surface area contributed by atoms with Gasteiger partial charge in [0.2, 0.25) is 5.88 Å². The minimum Gasteiger partial charge on any atom is -0.444 e. The van der Waals surface area contributed by atoms with Crippen LogP contribution in [0.15, 0.2) is 66.9 Å². The van der Waals surface area contributed by atoms with Crippen LogP contribution in [0.4, 0.5) is 23.7 Å². The maximum absolute atomic E-state index is 13.4. The molecule has 0 aliphatic carbocycles. The van der Waals surface area contributed by atoms with Gasteiger partial charge in [-0.25, -0.2) is 9.78 Å². The van der Waals surface area contributed by atoms with Gasteiger partial charge in [-0.3, -0.25) is 9.59 Å². The molecular weight excluding hydrogens is 591 g/mol. The van der Waals surface area contributed by atoms with E-state index < -0.39 is 29.3 Å². The quantitative estimate of drug-likeness (QED) is 0.279. The van der Waals surface area contributed by atoms with Crippen LogP contribution in [-0.4, -0.2) is 69.0 Å². The lowest BCUT2D eigenvalue weighted by molar-refractivity contribution is -0.137. The van der Waals surface area contributed by atoms with Gasteiger partial charge in [-0.1, -0.05) is 0 Å². The highest BCUT2D eigenvalue weighted by Gasteiger charge is 2.31. The number of fused-ring (bicyclic) bond motifs is 1. The van der Waals surface area contributed by atoms with Gasteiger partial charge in [-0.2, -0.15) is 13.2 Å². The van der Waals surface area contributed by atoms with Crippen molar-refractivity contribution in [2.24, 2.45) is 7.05 Å². The zero-order chi connectivity index (χ0) is 32.5. The fourth-order valence-electron chi connectivity index (χ4n) is 4.81. The van der Waals surface area contributed by atoms with Gasteiger partial charge in [-0.05, 0) is 69.3 Å². The van der Waals surface area contributed by atoms with Crippen LogP contribution >= 0.6 is 0 Å². The Balaban J connectivity index is 1.20. The van der Waals surface area contributed by atoms with Gasteiger partial charge < -0.3 is 29.2 Å². The Kier molecular flexibility index (Phi) is 8.46. The van der Waals surface area contributed by atoms with E-state index in [0.717, 1.165) is 35.2 Å². The lowest BCUT2D eigenvalue weighted by atomic mass is 10.1. The summed E-state index contributed by atoms with van der Waals surface area (Å²) in [4.78, 5) is 45.7. The Labute approximate surface area is 257 Å². The predicted molar refractivity (Wildman–Crippen MR) is 160 cm³/mol. The van der Waals surface area contributed by atoms with Crippen LogP contribution < -0.4 is 10.1 Å². The van der Waals surface area contributed by atoms with E-state index in [1.54, 1.807) is 45.7 Å². The molecule has 0 unspecified atom stereocenters. The largest absolute Gasteiger partial charge is 0.444 e. The summed E-state index contributed by atoms with van der Waals surface area (Å²) in [5.74, 6) is -0.00260. The Morgan fingerprint density at radius 1 is 0.867 bits per heavy atom. The van der Waals surface area contributed by atoms with Crippen molar-refractivity contribution in [1.82, 2.24) is 19.4 Å². The van der Waals surface area contributed by atoms with Crippen LogP contribution in [0, 0.1) is 0 Å². The molecule has 2 aromatic carbocycles. The molecule has 5 rings (SSSR count). The van der Waals surface area contributed by atoms with Crippen molar-refractivity contribution >= 4 is 34.5 Å². The molecule has 0 bridgehead atoms. The molecule has 13 heteroatoms. The number of rotatable bonds is 5. The van der Waals surface area contributed by atoms with Gasteiger partial charge in [0.15, 0.2) is 0 Å². The first-order valence-electron chi connectivity index (χ1n) is 14.2. The normalized spacial score (nSPS) is 13.9. The van der Waals surface area contributed by atoms with Crippen molar-refractivity contribution in [3.05, 3.63) is 83.7 Å². The predicted octanol–water partition coefficient (Wildman–Crippen LogP) is 6.33. The number of pyridine rings is 1. The lowest BCUT2D eigenvalue weighted by Crippen LogP contribution is -2.51. The van der Waals surface area contributed by atoms with Crippen LogP contribution in [-0.2, 0) is 18.0 Å². The van der Waals surface area contributed by atoms with Gasteiger partial charge in [0, 0.05) is 56.3 Å². The number of alkyl halides is 3. The average molecular weight is 624 g/mol. The number of carbonyl (C=O) groups excluding carboxylic acids is 3. The molecule has 2 aromatic heterocycles. The molecule has 0 spiro atoms. The van der Waals surface area contributed by atoms with Gasteiger partial charge in [-0.15, -0.1) is 0 Å². The Hall–Kier alpha value is -5.07. The fourth-order valence-corrected chi connectivity index (χ4v) is 4.81. The third-order valence-corrected chi connectivity index (χ3v) is 7.15. The van der Waals surface area contributed by atoms with Crippen LogP contribution in [0.5, 0.6) is 11.6 Å². The molecule has 1 saturated heterocycles. The second-order valence-electron chi connectivity index (χ2n) is 11.6. The summed E-state index contributed by atoms with van der Waals surface area (Å²) in [6.07, 6.45) is -3.50.